The average molecular weight is 241 g/mol. The van der Waals surface area contributed by atoms with Crippen LogP contribution in [0.5, 0.6) is 0 Å². The first-order chi connectivity index (χ1) is 7.67. The van der Waals surface area contributed by atoms with Crippen molar-refractivity contribution in [3.8, 4) is 0 Å². The Labute approximate surface area is 102 Å². The SMILES string of the molecule is CCc1cnc(CNCC(N)C(C)CC)s1. The molecule has 0 radical (unpaired) electrons. The van der Waals surface area contributed by atoms with Crippen LogP contribution in [0.15, 0.2) is 6.20 Å². The molecule has 2 unspecified atom stereocenters. The fraction of sp³-hybridized carbons (Fsp3) is 0.750. The van der Waals surface area contributed by atoms with Gasteiger partial charge in [0.25, 0.3) is 0 Å². The maximum absolute atomic E-state index is 6.04. The molecule has 0 saturated heterocycles. The molecule has 3 N–H and O–H groups in total. The molecule has 0 aliphatic carbocycles. The first-order valence-electron chi connectivity index (χ1n) is 6.07. The Morgan fingerprint density at radius 1 is 1.50 bits per heavy atom. The molecule has 0 aliphatic heterocycles. The van der Waals surface area contributed by atoms with E-state index in [1.807, 2.05) is 6.20 Å². The van der Waals surface area contributed by atoms with Gasteiger partial charge >= 0.3 is 0 Å². The number of aromatic nitrogens is 1. The van der Waals surface area contributed by atoms with Crippen LogP contribution >= 0.6 is 11.3 Å². The highest BCUT2D eigenvalue weighted by atomic mass is 32.1. The van der Waals surface area contributed by atoms with E-state index < -0.39 is 0 Å². The molecule has 0 spiro atoms. The maximum atomic E-state index is 6.04. The van der Waals surface area contributed by atoms with Gasteiger partial charge < -0.3 is 11.1 Å². The third kappa shape index (κ3) is 4.20. The van der Waals surface area contributed by atoms with Crippen LogP contribution in [0.2, 0.25) is 0 Å². The summed E-state index contributed by atoms with van der Waals surface area (Å²) in [7, 11) is 0. The molecule has 1 rings (SSSR count). The van der Waals surface area contributed by atoms with Crippen molar-refractivity contribution in [1.29, 1.82) is 0 Å². The minimum Gasteiger partial charge on any atom is -0.326 e. The van der Waals surface area contributed by atoms with E-state index in [4.69, 9.17) is 5.73 Å². The lowest BCUT2D eigenvalue weighted by molar-refractivity contribution is 0.418. The van der Waals surface area contributed by atoms with Crippen molar-refractivity contribution in [3.05, 3.63) is 16.1 Å². The van der Waals surface area contributed by atoms with E-state index in [-0.39, 0.29) is 6.04 Å². The number of nitrogens with one attached hydrogen (secondary N) is 1. The fourth-order valence-electron chi connectivity index (χ4n) is 1.44. The van der Waals surface area contributed by atoms with E-state index in [1.54, 1.807) is 11.3 Å². The second-order valence-corrected chi connectivity index (χ2v) is 5.45. The molecule has 1 aromatic rings. The number of hydrogen-bond donors (Lipinski definition) is 2. The van der Waals surface area contributed by atoms with Crippen molar-refractivity contribution in [2.45, 2.75) is 46.2 Å². The molecule has 0 saturated carbocycles. The number of rotatable bonds is 7. The van der Waals surface area contributed by atoms with Gasteiger partial charge in [-0.25, -0.2) is 4.98 Å². The second-order valence-electron chi connectivity index (χ2n) is 4.25. The average Bonchev–Trinajstić information content (AvgIpc) is 2.75. The van der Waals surface area contributed by atoms with Crippen molar-refractivity contribution in [3.63, 3.8) is 0 Å². The summed E-state index contributed by atoms with van der Waals surface area (Å²) in [5.41, 5.74) is 6.04. The fourth-order valence-corrected chi connectivity index (χ4v) is 2.27. The van der Waals surface area contributed by atoms with Crippen LogP contribution in [-0.4, -0.2) is 17.6 Å². The van der Waals surface area contributed by atoms with Gasteiger partial charge in [-0.1, -0.05) is 27.2 Å². The van der Waals surface area contributed by atoms with Gasteiger partial charge in [0.2, 0.25) is 0 Å². The topological polar surface area (TPSA) is 50.9 Å². The molecule has 2 atom stereocenters. The predicted octanol–water partition coefficient (Wildman–Crippen LogP) is 2.17. The molecule has 1 heterocycles. The van der Waals surface area contributed by atoms with E-state index in [9.17, 15) is 0 Å². The molecule has 3 nitrogen and oxygen atoms in total. The molecule has 0 fully saturated rings. The van der Waals surface area contributed by atoms with Gasteiger partial charge in [-0.05, 0) is 12.3 Å². The molecule has 0 amide bonds. The molecular formula is C12H23N3S. The lowest BCUT2D eigenvalue weighted by Gasteiger charge is -2.18. The summed E-state index contributed by atoms with van der Waals surface area (Å²) in [4.78, 5) is 5.71. The molecule has 0 aromatic carbocycles. The third-order valence-corrected chi connectivity index (χ3v) is 4.12. The first-order valence-corrected chi connectivity index (χ1v) is 6.88. The standard InChI is InChI=1S/C12H23N3S/c1-4-9(3)11(13)7-14-8-12-15-6-10(5-2)16-12/h6,9,11,14H,4-5,7-8,13H2,1-3H3. The zero-order chi connectivity index (χ0) is 12.0. The van der Waals surface area contributed by atoms with E-state index in [2.05, 4.69) is 31.1 Å². The highest BCUT2D eigenvalue weighted by Crippen LogP contribution is 2.13. The number of aryl methyl sites for hydroxylation is 1. The number of hydrogen-bond acceptors (Lipinski definition) is 4. The zero-order valence-corrected chi connectivity index (χ0v) is 11.3. The summed E-state index contributed by atoms with van der Waals surface area (Å²) in [5, 5.41) is 4.54. The van der Waals surface area contributed by atoms with Crippen molar-refractivity contribution in [2.75, 3.05) is 6.54 Å². The Morgan fingerprint density at radius 3 is 2.81 bits per heavy atom. The van der Waals surface area contributed by atoms with Gasteiger partial charge in [0.1, 0.15) is 5.01 Å². The summed E-state index contributed by atoms with van der Waals surface area (Å²) in [5.74, 6) is 0.579. The Hall–Kier alpha value is -0.450. The normalized spacial score (nSPS) is 15.0. The predicted molar refractivity (Wildman–Crippen MR) is 70.6 cm³/mol. The molecule has 92 valence electrons. The van der Waals surface area contributed by atoms with E-state index >= 15 is 0 Å². The Morgan fingerprint density at radius 2 is 2.25 bits per heavy atom. The number of thiazole rings is 1. The second kappa shape index (κ2) is 6.99. The molecule has 0 aliphatic rings. The zero-order valence-electron chi connectivity index (χ0n) is 10.5. The molecule has 0 bridgehead atoms. The van der Waals surface area contributed by atoms with Crippen molar-refractivity contribution in [2.24, 2.45) is 11.7 Å². The van der Waals surface area contributed by atoms with Crippen molar-refractivity contribution < 1.29 is 0 Å². The van der Waals surface area contributed by atoms with E-state index in [0.29, 0.717) is 5.92 Å². The summed E-state index contributed by atoms with van der Waals surface area (Å²) < 4.78 is 0. The third-order valence-electron chi connectivity index (χ3n) is 2.98. The highest BCUT2D eigenvalue weighted by Gasteiger charge is 2.10. The minimum atomic E-state index is 0.246. The number of nitrogens with zero attached hydrogens (tertiary/aromatic N) is 1. The van der Waals surface area contributed by atoms with Gasteiger partial charge in [-0.15, -0.1) is 11.3 Å². The lowest BCUT2D eigenvalue weighted by Crippen LogP contribution is -2.38. The van der Waals surface area contributed by atoms with Crippen molar-refractivity contribution >= 4 is 11.3 Å². The van der Waals surface area contributed by atoms with Gasteiger partial charge in [0.05, 0.1) is 0 Å². The summed E-state index contributed by atoms with van der Waals surface area (Å²) >= 11 is 1.78. The smallest absolute Gasteiger partial charge is 0.107 e. The highest BCUT2D eigenvalue weighted by molar-refractivity contribution is 7.11. The lowest BCUT2D eigenvalue weighted by atomic mass is 10.0. The summed E-state index contributed by atoms with van der Waals surface area (Å²) in [6, 6.07) is 0.246. The molecular weight excluding hydrogens is 218 g/mol. The van der Waals surface area contributed by atoms with Crippen LogP contribution in [0.3, 0.4) is 0 Å². The monoisotopic (exact) mass is 241 g/mol. The Bertz CT molecular complexity index is 298. The van der Waals surface area contributed by atoms with Crippen LogP contribution in [0.25, 0.3) is 0 Å². The number of nitrogens with two attached hydrogens (primary N) is 1. The maximum Gasteiger partial charge on any atom is 0.107 e. The van der Waals surface area contributed by atoms with Gasteiger partial charge in [-0.2, -0.15) is 0 Å². The van der Waals surface area contributed by atoms with Crippen LogP contribution in [0.1, 0.15) is 37.1 Å². The van der Waals surface area contributed by atoms with Crippen LogP contribution in [0, 0.1) is 5.92 Å². The molecule has 4 heteroatoms. The van der Waals surface area contributed by atoms with Crippen LogP contribution < -0.4 is 11.1 Å². The molecule has 16 heavy (non-hydrogen) atoms. The largest absolute Gasteiger partial charge is 0.326 e. The van der Waals surface area contributed by atoms with Gasteiger partial charge in [0, 0.05) is 30.2 Å². The minimum absolute atomic E-state index is 0.246. The van der Waals surface area contributed by atoms with Crippen LogP contribution in [-0.2, 0) is 13.0 Å². The summed E-state index contributed by atoms with van der Waals surface area (Å²) in [6.45, 7) is 8.25. The summed E-state index contributed by atoms with van der Waals surface area (Å²) in [6.07, 6.45) is 4.18. The van der Waals surface area contributed by atoms with Crippen molar-refractivity contribution in [1.82, 2.24) is 10.3 Å². The van der Waals surface area contributed by atoms with E-state index in [1.165, 1.54) is 4.88 Å². The molecule has 1 aromatic heterocycles. The van der Waals surface area contributed by atoms with Gasteiger partial charge in [0.15, 0.2) is 0 Å². The van der Waals surface area contributed by atoms with Crippen LogP contribution in [0.4, 0.5) is 0 Å². The Kier molecular flexibility index (Phi) is 5.95. The van der Waals surface area contributed by atoms with Gasteiger partial charge in [-0.3, -0.25) is 0 Å². The van der Waals surface area contributed by atoms with E-state index in [0.717, 1.165) is 30.9 Å². The quantitative estimate of drug-likeness (QED) is 0.769. The first kappa shape index (κ1) is 13.6. The Balaban J connectivity index is 2.24.